The monoisotopic (exact) mass is 299 g/mol. The number of halogens is 1. The Kier molecular flexibility index (Phi) is 4.08. The van der Waals surface area contributed by atoms with E-state index in [1.165, 1.54) is 0 Å². The summed E-state index contributed by atoms with van der Waals surface area (Å²) in [5.74, 6) is 0.576. The molecule has 0 aliphatic heterocycles. The lowest BCUT2D eigenvalue weighted by atomic mass is 10.1. The van der Waals surface area contributed by atoms with E-state index in [1.54, 1.807) is 12.3 Å². The highest BCUT2D eigenvalue weighted by atomic mass is 35.5. The number of rotatable bonds is 4. The second kappa shape index (κ2) is 6.16. The molecule has 0 aliphatic carbocycles. The van der Waals surface area contributed by atoms with E-state index in [1.807, 2.05) is 37.3 Å². The molecule has 21 heavy (non-hydrogen) atoms. The number of nitrogens with zero attached hydrogens (tertiary/aromatic N) is 3. The van der Waals surface area contributed by atoms with Crippen LogP contribution in [0.25, 0.3) is 22.2 Å². The van der Waals surface area contributed by atoms with Gasteiger partial charge in [0.05, 0.1) is 11.2 Å². The topological polar surface area (TPSA) is 47.9 Å². The second-order valence-electron chi connectivity index (χ2n) is 4.51. The van der Waals surface area contributed by atoms with Gasteiger partial charge in [0.1, 0.15) is 11.8 Å². The lowest BCUT2D eigenvalue weighted by molar-refractivity contribution is 0.128. The van der Waals surface area contributed by atoms with Gasteiger partial charge >= 0.3 is 0 Å². The van der Waals surface area contributed by atoms with Gasteiger partial charge in [-0.1, -0.05) is 35.9 Å². The van der Waals surface area contributed by atoms with Crippen molar-refractivity contribution in [2.75, 3.05) is 6.61 Å². The van der Waals surface area contributed by atoms with Gasteiger partial charge in [-0.3, -0.25) is 4.98 Å². The van der Waals surface area contributed by atoms with Crippen LogP contribution in [0.5, 0.6) is 0 Å². The van der Waals surface area contributed by atoms with E-state index < -0.39 is 0 Å². The number of ether oxygens (including phenoxy) is 1. The minimum atomic E-state index is 0.349. The van der Waals surface area contributed by atoms with E-state index in [-0.39, 0.29) is 0 Å². The standard InChI is InChI=1S/C16H14ClN3O/c1-2-21-10-15-19-13(9-14(17)20-15)12-7-3-5-11-6-4-8-18-16(11)12/h3-9H,2,10H2,1H3. The third-order valence-corrected chi connectivity index (χ3v) is 3.28. The van der Waals surface area contributed by atoms with Gasteiger partial charge in [0.25, 0.3) is 0 Å². The van der Waals surface area contributed by atoms with E-state index in [9.17, 15) is 0 Å². The van der Waals surface area contributed by atoms with Crippen LogP contribution in [0, 0.1) is 0 Å². The average molecular weight is 300 g/mol. The Morgan fingerprint density at radius 1 is 1.14 bits per heavy atom. The van der Waals surface area contributed by atoms with Gasteiger partial charge in [0.15, 0.2) is 5.82 Å². The number of aromatic nitrogens is 3. The zero-order chi connectivity index (χ0) is 14.7. The molecule has 5 heteroatoms. The predicted molar refractivity (Wildman–Crippen MR) is 83.1 cm³/mol. The highest BCUT2D eigenvalue weighted by Crippen LogP contribution is 2.27. The second-order valence-corrected chi connectivity index (χ2v) is 4.90. The van der Waals surface area contributed by atoms with Crippen molar-refractivity contribution in [1.82, 2.24) is 15.0 Å². The highest BCUT2D eigenvalue weighted by Gasteiger charge is 2.09. The number of pyridine rings is 1. The molecule has 0 unspecified atom stereocenters. The zero-order valence-corrected chi connectivity index (χ0v) is 12.3. The third kappa shape index (κ3) is 3.01. The predicted octanol–water partition coefficient (Wildman–Crippen LogP) is 3.88. The van der Waals surface area contributed by atoms with Crippen molar-refractivity contribution in [3.8, 4) is 11.3 Å². The fourth-order valence-corrected chi connectivity index (χ4v) is 2.37. The first-order valence-corrected chi connectivity index (χ1v) is 7.11. The zero-order valence-electron chi connectivity index (χ0n) is 11.6. The Balaban J connectivity index is 2.12. The van der Waals surface area contributed by atoms with Crippen LogP contribution in [0.15, 0.2) is 42.6 Å². The summed E-state index contributed by atoms with van der Waals surface area (Å²) in [6.45, 7) is 2.89. The molecular weight excluding hydrogens is 286 g/mol. The van der Waals surface area contributed by atoms with Crippen molar-refractivity contribution in [2.24, 2.45) is 0 Å². The summed E-state index contributed by atoms with van der Waals surface area (Å²) in [6, 6.07) is 11.7. The summed E-state index contributed by atoms with van der Waals surface area (Å²) < 4.78 is 5.35. The maximum absolute atomic E-state index is 6.10. The quantitative estimate of drug-likeness (QED) is 0.686. The first-order chi connectivity index (χ1) is 10.3. The van der Waals surface area contributed by atoms with E-state index >= 15 is 0 Å². The normalized spacial score (nSPS) is 11.0. The summed E-state index contributed by atoms with van der Waals surface area (Å²) in [6.07, 6.45) is 1.77. The van der Waals surface area contributed by atoms with Crippen LogP contribution in [-0.2, 0) is 11.3 Å². The van der Waals surface area contributed by atoms with Gasteiger partial charge in [0, 0.05) is 29.8 Å². The molecule has 0 aliphatic rings. The largest absolute Gasteiger partial charge is 0.374 e. The first-order valence-electron chi connectivity index (χ1n) is 6.73. The molecule has 0 saturated carbocycles. The molecule has 0 amide bonds. The number of hydrogen-bond acceptors (Lipinski definition) is 4. The Morgan fingerprint density at radius 3 is 2.86 bits per heavy atom. The third-order valence-electron chi connectivity index (χ3n) is 3.09. The molecule has 2 heterocycles. The average Bonchev–Trinajstić information content (AvgIpc) is 2.52. The molecule has 0 saturated heterocycles. The summed E-state index contributed by atoms with van der Waals surface area (Å²) >= 11 is 6.10. The van der Waals surface area contributed by atoms with E-state index in [0.29, 0.717) is 24.2 Å². The number of hydrogen-bond donors (Lipinski definition) is 0. The van der Waals surface area contributed by atoms with Crippen molar-refractivity contribution in [1.29, 1.82) is 0 Å². The maximum Gasteiger partial charge on any atom is 0.156 e. The van der Waals surface area contributed by atoms with Crippen LogP contribution >= 0.6 is 11.6 Å². The number of para-hydroxylation sites is 1. The van der Waals surface area contributed by atoms with Crippen LogP contribution in [0.4, 0.5) is 0 Å². The summed E-state index contributed by atoms with van der Waals surface area (Å²) in [4.78, 5) is 13.2. The minimum Gasteiger partial charge on any atom is -0.374 e. The molecule has 0 spiro atoms. The van der Waals surface area contributed by atoms with Crippen molar-refractivity contribution < 1.29 is 4.74 Å². The van der Waals surface area contributed by atoms with Crippen LogP contribution in [-0.4, -0.2) is 21.6 Å². The lowest BCUT2D eigenvalue weighted by Crippen LogP contribution is -2.01. The Morgan fingerprint density at radius 2 is 2.00 bits per heavy atom. The van der Waals surface area contributed by atoms with Gasteiger partial charge in [-0.05, 0) is 13.0 Å². The number of benzene rings is 1. The highest BCUT2D eigenvalue weighted by molar-refractivity contribution is 6.29. The summed E-state index contributed by atoms with van der Waals surface area (Å²) in [5.41, 5.74) is 2.60. The van der Waals surface area contributed by atoms with E-state index in [0.717, 1.165) is 22.2 Å². The van der Waals surface area contributed by atoms with Gasteiger partial charge in [-0.25, -0.2) is 9.97 Å². The molecule has 4 nitrogen and oxygen atoms in total. The van der Waals surface area contributed by atoms with Gasteiger partial charge in [-0.15, -0.1) is 0 Å². The molecule has 2 aromatic heterocycles. The molecule has 0 atom stereocenters. The first kappa shape index (κ1) is 13.9. The number of fused-ring (bicyclic) bond motifs is 1. The van der Waals surface area contributed by atoms with Crippen molar-refractivity contribution in [2.45, 2.75) is 13.5 Å². The van der Waals surface area contributed by atoms with Crippen molar-refractivity contribution >= 4 is 22.5 Å². The van der Waals surface area contributed by atoms with E-state index in [2.05, 4.69) is 15.0 Å². The summed E-state index contributed by atoms with van der Waals surface area (Å²) in [7, 11) is 0. The summed E-state index contributed by atoms with van der Waals surface area (Å²) in [5, 5.41) is 1.47. The minimum absolute atomic E-state index is 0.349. The maximum atomic E-state index is 6.10. The van der Waals surface area contributed by atoms with E-state index in [4.69, 9.17) is 16.3 Å². The van der Waals surface area contributed by atoms with Crippen molar-refractivity contribution in [3.05, 3.63) is 53.6 Å². The van der Waals surface area contributed by atoms with Crippen molar-refractivity contribution in [3.63, 3.8) is 0 Å². The fourth-order valence-electron chi connectivity index (χ4n) is 2.17. The molecule has 3 aromatic rings. The molecule has 3 rings (SSSR count). The lowest BCUT2D eigenvalue weighted by Gasteiger charge is -2.08. The molecule has 0 N–H and O–H groups in total. The molecular formula is C16H14ClN3O. The molecule has 0 fully saturated rings. The van der Waals surface area contributed by atoms with Gasteiger partial charge in [0.2, 0.25) is 0 Å². The van der Waals surface area contributed by atoms with Crippen LogP contribution in [0.2, 0.25) is 5.15 Å². The van der Waals surface area contributed by atoms with Gasteiger partial charge < -0.3 is 4.74 Å². The molecule has 0 bridgehead atoms. The smallest absolute Gasteiger partial charge is 0.156 e. The van der Waals surface area contributed by atoms with Crippen LogP contribution < -0.4 is 0 Å². The van der Waals surface area contributed by atoms with Gasteiger partial charge in [-0.2, -0.15) is 0 Å². The Hall–Kier alpha value is -2.04. The fraction of sp³-hybridized carbons (Fsp3) is 0.188. The van der Waals surface area contributed by atoms with Crippen LogP contribution in [0.1, 0.15) is 12.7 Å². The Bertz CT molecular complexity index is 771. The molecule has 0 radical (unpaired) electrons. The Labute approximate surface area is 127 Å². The van der Waals surface area contributed by atoms with Crippen LogP contribution in [0.3, 0.4) is 0 Å². The SMILES string of the molecule is CCOCc1nc(Cl)cc(-c2cccc3cccnc23)n1. The molecule has 1 aromatic carbocycles. The molecule has 106 valence electrons.